The number of nitrogens with zero attached hydrogens (tertiary/aromatic N) is 3. The third-order valence-electron chi connectivity index (χ3n) is 5.46. The van der Waals surface area contributed by atoms with Crippen LogP contribution in [-0.2, 0) is 4.79 Å². The first-order valence-corrected chi connectivity index (χ1v) is 10.8. The Labute approximate surface area is 192 Å². The topological polar surface area (TPSA) is 76.5 Å². The monoisotopic (exact) mass is 442 g/mol. The van der Waals surface area contributed by atoms with Crippen LogP contribution in [0.15, 0.2) is 72.8 Å². The molecule has 0 fully saturated rings. The summed E-state index contributed by atoms with van der Waals surface area (Å²) in [6.07, 6.45) is 0. The second kappa shape index (κ2) is 9.56. The fourth-order valence-electron chi connectivity index (χ4n) is 3.79. The van der Waals surface area contributed by atoms with Gasteiger partial charge in [-0.05, 0) is 68.4 Å². The van der Waals surface area contributed by atoms with Crippen molar-refractivity contribution in [2.75, 3.05) is 25.5 Å². The molecule has 1 aromatic heterocycles. The lowest BCUT2D eigenvalue weighted by Crippen LogP contribution is -2.37. The number of aryl methyl sites for hydroxylation is 1. The maximum Gasteiger partial charge on any atom is 0.254 e. The van der Waals surface area contributed by atoms with E-state index in [9.17, 15) is 9.59 Å². The van der Waals surface area contributed by atoms with Crippen LogP contribution in [0.3, 0.4) is 0 Å². The minimum absolute atomic E-state index is 0.0448. The fraction of sp³-hybridized carbons (Fsp3) is 0.192. The Morgan fingerprint density at radius 1 is 1.03 bits per heavy atom. The normalized spacial score (nSPS) is 10.8. The summed E-state index contributed by atoms with van der Waals surface area (Å²) < 4.78 is 7.19. The van der Waals surface area contributed by atoms with E-state index in [1.165, 1.54) is 4.90 Å². The third kappa shape index (κ3) is 4.72. The molecule has 0 spiro atoms. The predicted octanol–water partition coefficient (Wildman–Crippen LogP) is 4.44. The molecule has 0 saturated heterocycles. The molecule has 7 nitrogen and oxygen atoms in total. The van der Waals surface area contributed by atoms with Crippen LogP contribution in [0.4, 0.5) is 5.69 Å². The molecule has 7 heteroatoms. The molecular weight excluding hydrogens is 416 g/mol. The van der Waals surface area contributed by atoms with Crippen molar-refractivity contribution in [2.24, 2.45) is 0 Å². The molecular formula is C26H26N4O3. The number of nitrogens with one attached hydrogen (secondary N) is 1. The molecule has 2 amide bonds. The van der Waals surface area contributed by atoms with Crippen molar-refractivity contribution in [2.45, 2.75) is 13.8 Å². The van der Waals surface area contributed by atoms with Crippen LogP contribution in [0.5, 0.6) is 5.75 Å². The van der Waals surface area contributed by atoms with Gasteiger partial charge < -0.3 is 15.0 Å². The number of anilines is 1. The maximum absolute atomic E-state index is 13.1. The molecule has 0 aliphatic rings. The number of carbonyl (C=O) groups excluding carboxylic acids is 2. The minimum atomic E-state index is -0.263. The smallest absolute Gasteiger partial charge is 0.254 e. The van der Waals surface area contributed by atoms with Crippen molar-refractivity contribution >= 4 is 28.5 Å². The van der Waals surface area contributed by atoms with Gasteiger partial charge >= 0.3 is 0 Å². The SMILES string of the molecule is CCN(CC(=O)Nc1ccc(OC)cc1)C(=O)c1ccc2c(c1)nc(C)n2-c1ccccc1. The van der Waals surface area contributed by atoms with Gasteiger partial charge in [0.1, 0.15) is 18.1 Å². The summed E-state index contributed by atoms with van der Waals surface area (Å²) in [7, 11) is 1.59. The van der Waals surface area contributed by atoms with Gasteiger partial charge in [-0.2, -0.15) is 0 Å². The van der Waals surface area contributed by atoms with Crippen molar-refractivity contribution in [3.05, 3.63) is 84.2 Å². The van der Waals surface area contributed by atoms with Gasteiger partial charge in [0.25, 0.3) is 5.91 Å². The van der Waals surface area contributed by atoms with Crippen LogP contribution in [0.2, 0.25) is 0 Å². The molecule has 33 heavy (non-hydrogen) atoms. The van der Waals surface area contributed by atoms with Gasteiger partial charge in [-0.15, -0.1) is 0 Å². The first-order valence-electron chi connectivity index (χ1n) is 10.8. The number of fused-ring (bicyclic) bond motifs is 1. The standard InChI is InChI=1S/C26H26N4O3/c1-4-29(17-25(31)28-20-11-13-22(33-3)14-12-20)26(32)19-10-15-24-23(16-19)27-18(2)30(24)21-8-6-5-7-9-21/h5-16H,4,17H2,1-3H3,(H,28,31). The highest BCUT2D eigenvalue weighted by Crippen LogP contribution is 2.23. The number of hydrogen-bond donors (Lipinski definition) is 1. The molecule has 3 aromatic carbocycles. The predicted molar refractivity (Wildman–Crippen MR) is 129 cm³/mol. The van der Waals surface area contributed by atoms with Crippen LogP contribution < -0.4 is 10.1 Å². The van der Waals surface area contributed by atoms with Gasteiger partial charge in [-0.25, -0.2) is 4.98 Å². The summed E-state index contributed by atoms with van der Waals surface area (Å²) in [4.78, 5) is 31.9. The van der Waals surface area contributed by atoms with E-state index >= 15 is 0 Å². The van der Waals surface area contributed by atoms with Crippen LogP contribution >= 0.6 is 0 Å². The number of rotatable bonds is 7. The summed E-state index contributed by atoms with van der Waals surface area (Å²) >= 11 is 0. The van der Waals surface area contributed by atoms with E-state index in [0.29, 0.717) is 23.5 Å². The quantitative estimate of drug-likeness (QED) is 0.459. The number of methoxy groups -OCH3 is 1. The second-order valence-corrected chi connectivity index (χ2v) is 7.63. The van der Waals surface area contributed by atoms with E-state index in [-0.39, 0.29) is 18.4 Å². The van der Waals surface area contributed by atoms with Crippen molar-refractivity contribution < 1.29 is 14.3 Å². The van der Waals surface area contributed by atoms with E-state index in [0.717, 1.165) is 22.5 Å². The van der Waals surface area contributed by atoms with Crippen LogP contribution in [0.1, 0.15) is 23.1 Å². The number of imidazole rings is 1. The zero-order chi connectivity index (χ0) is 23.4. The summed E-state index contributed by atoms with van der Waals surface area (Å²) in [6.45, 7) is 4.16. The first-order chi connectivity index (χ1) is 16.0. The number of hydrogen-bond acceptors (Lipinski definition) is 4. The lowest BCUT2D eigenvalue weighted by Gasteiger charge is -2.20. The summed E-state index contributed by atoms with van der Waals surface area (Å²) in [5.74, 6) is 1.07. The van der Waals surface area contributed by atoms with Crippen molar-refractivity contribution in [1.29, 1.82) is 0 Å². The van der Waals surface area contributed by atoms with Crippen molar-refractivity contribution in [1.82, 2.24) is 14.5 Å². The largest absolute Gasteiger partial charge is 0.497 e. The number of para-hydroxylation sites is 1. The van der Waals surface area contributed by atoms with Crippen LogP contribution in [-0.4, -0.2) is 46.5 Å². The molecule has 0 saturated carbocycles. The molecule has 0 atom stereocenters. The maximum atomic E-state index is 13.1. The molecule has 0 radical (unpaired) electrons. The highest BCUT2D eigenvalue weighted by Gasteiger charge is 2.19. The lowest BCUT2D eigenvalue weighted by molar-refractivity contribution is -0.116. The Bertz CT molecular complexity index is 1280. The third-order valence-corrected chi connectivity index (χ3v) is 5.46. The van der Waals surface area contributed by atoms with Crippen molar-refractivity contribution in [3.63, 3.8) is 0 Å². The number of likely N-dealkylation sites (N-methyl/N-ethyl adjacent to an activating group) is 1. The summed E-state index contributed by atoms with van der Waals surface area (Å²) in [6, 6.07) is 22.5. The molecule has 168 valence electrons. The van der Waals surface area contributed by atoms with E-state index < -0.39 is 0 Å². The second-order valence-electron chi connectivity index (χ2n) is 7.63. The first kappa shape index (κ1) is 22.1. The molecule has 0 aliphatic heterocycles. The number of ether oxygens (including phenoxy) is 1. The Kier molecular flexibility index (Phi) is 6.40. The highest BCUT2D eigenvalue weighted by atomic mass is 16.5. The van der Waals surface area contributed by atoms with Gasteiger partial charge in [-0.1, -0.05) is 18.2 Å². The molecule has 1 N–H and O–H groups in total. The van der Waals surface area contributed by atoms with E-state index in [1.807, 2.05) is 50.2 Å². The lowest BCUT2D eigenvalue weighted by atomic mass is 10.1. The number of carbonyl (C=O) groups is 2. The Balaban J connectivity index is 1.51. The molecule has 4 rings (SSSR count). The minimum Gasteiger partial charge on any atom is -0.497 e. The average Bonchev–Trinajstić information content (AvgIpc) is 3.18. The average molecular weight is 443 g/mol. The van der Waals surface area contributed by atoms with Crippen LogP contribution in [0, 0.1) is 6.92 Å². The van der Waals surface area contributed by atoms with Gasteiger partial charge in [0.2, 0.25) is 5.91 Å². The van der Waals surface area contributed by atoms with Gasteiger partial charge in [0.05, 0.1) is 18.1 Å². The number of aromatic nitrogens is 2. The fourth-order valence-corrected chi connectivity index (χ4v) is 3.79. The Morgan fingerprint density at radius 2 is 1.76 bits per heavy atom. The number of benzene rings is 3. The van der Waals surface area contributed by atoms with E-state index in [1.54, 1.807) is 43.5 Å². The Hall–Kier alpha value is -4.13. The molecule has 4 aromatic rings. The van der Waals surface area contributed by atoms with Gasteiger partial charge in [0, 0.05) is 23.5 Å². The van der Waals surface area contributed by atoms with Crippen molar-refractivity contribution in [3.8, 4) is 11.4 Å². The number of amides is 2. The molecule has 1 heterocycles. The highest BCUT2D eigenvalue weighted by molar-refractivity contribution is 6.01. The Morgan fingerprint density at radius 3 is 2.42 bits per heavy atom. The summed E-state index contributed by atoms with van der Waals surface area (Å²) in [5, 5.41) is 2.82. The van der Waals surface area contributed by atoms with Gasteiger partial charge in [0.15, 0.2) is 0 Å². The molecule has 0 bridgehead atoms. The van der Waals surface area contributed by atoms with E-state index in [2.05, 4.69) is 14.9 Å². The summed E-state index contributed by atoms with van der Waals surface area (Å²) in [5.41, 5.74) is 3.82. The van der Waals surface area contributed by atoms with Gasteiger partial charge in [-0.3, -0.25) is 14.2 Å². The zero-order valence-electron chi connectivity index (χ0n) is 18.9. The molecule has 0 aliphatic carbocycles. The van der Waals surface area contributed by atoms with E-state index in [4.69, 9.17) is 4.74 Å². The molecule has 0 unspecified atom stereocenters. The van der Waals surface area contributed by atoms with Crippen LogP contribution in [0.25, 0.3) is 16.7 Å². The zero-order valence-corrected chi connectivity index (χ0v) is 18.9.